The number of carbonyl (C=O) groups is 13. The summed E-state index contributed by atoms with van der Waals surface area (Å²) in [5, 5.41) is 16.3. The van der Waals surface area contributed by atoms with Crippen molar-refractivity contribution in [2.75, 3.05) is 39.3 Å². The van der Waals surface area contributed by atoms with E-state index in [9.17, 15) is 62.3 Å². The molecule has 8 N–H and O–H groups in total. The number of carbonyl (C=O) groups excluding carboxylic acids is 13. The van der Waals surface area contributed by atoms with Crippen LogP contribution < -0.4 is 37.6 Å². The molecule has 2 heterocycles. The van der Waals surface area contributed by atoms with Gasteiger partial charge in [-0.1, -0.05) is 31.6 Å². The van der Waals surface area contributed by atoms with Gasteiger partial charge >= 0.3 is 6.09 Å². The number of nitrogens with two attached hydrogens (primary N) is 1. The third-order valence-corrected chi connectivity index (χ3v) is 13.0. The molecule has 3 atom stereocenters. The van der Waals surface area contributed by atoms with Gasteiger partial charge in [-0.3, -0.25) is 67.3 Å². The van der Waals surface area contributed by atoms with E-state index in [1.54, 1.807) is 0 Å². The van der Waals surface area contributed by atoms with Gasteiger partial charge in [0.1, 0.15) is 18.1 Å². The van der Waals surface area contributed by atoms with E-state index in [0.29, 0.717) is 116 Å². The molecule has 23 nitrogen and oxygen atoms in total. The highest BCUT2D eigenvalue weighted by Gasteiger charge is 2.31. The summed E-state index contributed by atoms with van der Waals surface area (Å²) in [7, 11) is 0. The quantitative estimate of drug-likeness (QED) is 0.0198. The standard InChI is InChI=1S/C53H77N9O14/c1-2-36-76-53(75)60-40(21-12-15-33-57-45(67)24-9-5-17-35-62-48(70)29-30-49(62)71)52(74)59-39(20-11-14-32-56-44(66)23-8-4-16-34-61-46(68)27-28-47(61)69)51(73)58-38(50(54)72)19-10-13-31-55-43(65)22-7-3-6-18-37-41(63)25-26-42(37)64/h1,25-28,37-40H,3-24,29-36H2,(H2,54,72)(H,55,65)(H,56,66)(H,57,67)(H,58,73)(H,59,74)(H,60,75)/t38-,39-,40-/m0/s1. The Kier molecular flexibility index (Phi) is 29.7. The Hall–Kier alpha value is -7.25. The number of amides is 11. The van der Waals surface area contributed by atoms with Gasteiger partial charge in [0, 0.05) is 77.0 Å². The lowest BCUT2D eigenvalue weighted by Gasteiger charge is -2.25. The highest BCUT2D eigenvalue weighted by atomic mass is 16.5. The van der Waals surface area contributed by atoms with Crippen LogP contribution in [-0.4, -0.2) is 144 Å². The maximum absolute atomic E-state index is 13.9. The molecule has 0 radical (unpaired) electrons. The van der Waals surface area contributed by atoms with Crippen LogP contribution in [0, 0.1) is 18.3 Å². The van der Waals surface area contributed by atoms with Crippen LogP contribution in [0.4, 0.5) is 4.79 Å². The zero-order chi connectivity index (χ0) is 55.7. The molecule has 0 spiro atoms. The Bertz CT molecular complexity index is 2120. The summed E-state index contributed by atoms with van der Waals surface area (Å²) in [6.07, 6.45) is 18.9. The van der Waals surface area contributed by atoms with Crippen LogP contribution in [0.1, 0.15) is 154 Å². The highest BCUT2D eigenvalue weighted by molar-refractivity contribution is 6.18. The van der Waals surface area contributed by atoms with E-state index in [2.05, 4.69) is 37.8 Å². The monoisotopic (exact) mass is 1060 g/mol. The second kappa shape index (κ2) is 35.9. The van der Waals surface area contributed by atoms with Gasteiger partial charge in [0.15, 0.2) is 18.2 Å². The number of hydrogen-bond acceptors (Lipinski definition) is 14. The third kappa shape index (κ3) is 24.9. The normalized spacial score (nSPS) is 15.4. The highest BCUT2D eigenvalue weighted by Crippen LogP contribution is 2.19. The minimum Gasteiger partial charge on any atom is -0.436 e. The lowest BCUT2D eigenvalue weighted by molar-refractivity contribution is -0.139. The van der Waals surface area contributed by atoms with Gasteiger partial charge < -0.3 is 42.4 Å². The van der Waals surface area contributed by atoms with Gasteiger partial charge in [0.2, 0.25) is 47.3 Å². The average Bonchev–Trinajstić information content (AvgIpc) is 4.01. The molecule has 418 valence electrons. The van der Waals surface area contributed by atoms with Gasteiger partial charge in [-0.05, 0) is 108 Å². The van der Waals surface area contributed by atoms with Crippen molar-refractivity contribution in [2.45, 2.75) is 172 Å². The molecule has 0 bridgehead atoms. The van der Waals surface area contributed by atoms with E-state index >= 15 is 0 Å². The topological polar surface area (TPSA) is 336 Å². The van der Waals surface area contributed by atoms with E-state index in [1.807, 2.05) is 0 Å². The van der Waals surface area contributed by atoms with E-state index in [4.69, 9.17) is 16.9 Å². The average molecular weight is 1060 g/mol. The first-order chi connectivity index (χ1) is 36.5. The molecule has 23 heteroatoms. The Balaban J connectivity index is 1.51. The fourth-order valence-electron chi connectivity index (χ4n) is 8.65. The summed E-state index contributed by atoms with van der Waals surface area (Å²) in [4.78, 5) is 164. The van der Waals surface area contributed by atoms with Crippen molar-refractivity contribution in [1.29, 1.82) is 0 Å². The summed E-state index contributed by atoms with van der Waals surface area (Å²) in [5.41, 5.74) is 5.70. The van der Waals surface area contributed by atoms with Gasteiger partial charge in [0.05, 0.1) is 5.92 Å². The number of unbranched alkanes of at least 4 members (excludes halogenated alkanes) is 9. The van der Waals surface area contributed by atoms with Crippen molar-refractivity contribution >= 4 is 76.7 Å². The van der Waals surface area contributed by atoms with Gasteiger partial charge in [-0.2, -0.15) is 0 Å². The van der Waals surface area contributed by atoms with E-state index in [1.165, 1.54) is 29.2 Å². The Morgan fingerprint density at radius 2 is 0.961 bits per heavy atom. The molecule has 1 aliphatic carbocycles. The molecule has 1 fully saturated rings. The fraction of sp³-hybridized carbons (Fsp3) is 0.642. The minimum atomic E-state index is -1.23. The number of imide groups is 2. The predicted molar refractivity (Wildman–Crippen MR) is 275 cm³/mol. The number of likely N-dealkylation sites (tertiary alicyclic amines) is 1. The molecule has 2 aliphatic heterocycles. The molecule has 3 rings (SSSR count). The maximum Gasteiger partial charge on any atom is 0.408 e. The van der Waals surface area contributed by atoms with E-state index < -0.39 is 47.9 Å². The Morgan fingerprint density at radius 1 is 0.539 bits per heavy atom. The van der Waals surface area contributed by atoms with Crippen LogP contribution in [0.3, 0.4) is 0 Å². The smallest absolute Gasteiger partial charge is 0.408 e. The van der Waals surface area contributed by atoms with Crippen molar-refractivity contribution in [1.82, 2.24) is 41.7 Å². The molecule has 0 aromatic carbocycles. The molecule has 76 heavy (non-hydrogen) atoms. The zero-order valence-electron chi connectivity index (χ0n) is 43.6. The second-order valence-electron chi connectivity index (χ2n) is 19.1. The summed E-state index contributed by atoms with van der Waals surface area (Å²) >= 11 is 0. The number of ketones is 2. The fourth-order valence-corrected chi connectivity index (χ4v) is 8.65. The first-order valence-corrected chi connectivity index (χ1v) is 26.7. The molecule has 0 aromatic heterocycles. The van der Waals surface area contributed by atoms with Crippen LogP contribution in [-0.2, 0) is 62.3 Å². The summed E-state index contributed by atoms with van der Waals surface area (Å²) < 4.78 is 4.95. The number of alkyl carbamates (subject to hydrolysis) is 1. The van der Waals surface area contributed by atoms with E-state index in [-0.39, 0.29) is 131 Å². The van der Waals surface area contributed by atoms with Crippen molar-refractivity contribution in [3.8, 4) is 12.3 Å². The lowest BCUT2D eigenvalue weighted by Crippen LogP contribution is -2.56. The molecular formula is C53H77N9O14. The second-order valence-corrected chi connectivity index (χ2v) is 19.1. The molecular weight excluding hydrogens is 987 g/mol. The first kappa shape index (κ1) is 63.0. The molecule has 11 amide bonds. The van der Waals surface area contributed by atoms with Gasteiger partial charge in [-0.15, -0.1) is 6.42 Å². The molecule has 3 aliphatic rings. The number of hydrogen-bond donors (Lipinski definition) is 7. The molecule has 0 unspecified atom stereocenters. The Morgan fingerprint density at radius 3 is 1.42 bits per heavy atom. The third-order valence-electron chi connectivity index (χ3n) is 13.0. The van der Waals surface area contributed by atoms with Crippen LogP contribution in [0.25, 0.3) is 0 Å². The number of nitrogens with zero attached hydrogens (tertiary/aromatic N) is 2. The van der Waals surface area contributed by atoms with Gasteiger partial charge in [0.25, 0.3) is 11.8 Å². The molecule has 0 aromatic rings. The van der Waals surface area contributed by atoms with Gasteiger partial charge in [-0.25, -0.2) is 4.79 Å². The number of rotatable bonds is 40. The number of allylic oxidation sites excluding steroid dienone is 2. The number of ether oxygens (including phenoxy) is 1. The Labute approximate surface area is 444 Å². The summed E-state index contributed by atoms with van der Waals surface area (Å²) in [6.45, 7) is 1.04. The van der Waals surface area contributed by atoms with Crippen molar-refractivity contribution in [2.24, 2.45) is 11.7 Å². The first-order valence-electron chi connectivity index (χ1n) is 26.7. The number of nitrogens with one attached hydrogen (secondary N) is 6. The number of primary amides is 1. The lowest BCUT2D eigenvalue weighted by atomic mass is 9.97. The predicted octanol–water partition coefficient (Wildman–Crippen LogP) is 1.50. The largest absolute Gasteiger partial charge is 0.436 e. The number of terminal acetylenes is 1. The van der Waals surface area contributed by atoms with Crippen LogP contribution in [0.2, 0.25) is 0 Å². The zero-order valence-corrected chi connectivity index (χ0v) is 43.6. The van der Waals surface area contributed by atoms with Crippen LogP contribution in [0.5, 0.6) is 0 Å². The summed E-state index contributed by atoms with van der Waals surface area (Å²) in [6, 6.07) is -3.59. The summed E-state index contributed by atoms with van der Waals surface area (Å²) in [5.74, 6) is -2.77. The minimum absolute atomic E-state index is 0.0522. The molecule has 1 saturated heterocycles. The van der Waals surface area contributed by atoms with Crippen molar-refractivity contribution < 1.29 is 67.1 Å². The SMILES string of the molecule is C#CCOC(=O)N[C@@H](CCCCNC(=O)CCCCCN1C(=O)CCC1=O)C(=O)N[C@@H](CCCCNC(=O)CCCCCN1C(=O)C=CC1=O)C(=O)N[C@@H](CCCCNC(=O)CCCCCC1C(=O)C=CC1=O)C(N)=O. The van der Waals surface area contributed by atoms with Crippen LogP contribution in [0.15, 0.2) is 24.3 Å². The van der Waals surface area contributed by atoms with E-state index in [0.717, 1.165) is 4.90 Å². The van der Waals surface area contributed by atoms with Crippen molar-refractivity contribution in [3.63, 3.8) is 0 Å². The molecule has 0 saturated carbocycles. The van der Waals surface area contributed by atoms with Crippen molar-refractivity contribution in [3.05, 3.63) is 24.3 Å². The maximum atomic E-state index is 13.9. The van der Waals surface area contributed by atoms with Crippen LogP contribution >= 0.6 is 0 Å².